The van der Waals surface area contributed by atoms with Crippen molar-refractivity contribution in [1.29, 1.82) is 0 Å². The van der Waals surface area contributed by atoms with E-state index in [1.165, 1.54) is 19.3 Å². The monoisotopic (exact) mass is 373 g/mol. The molecule has 2 unspecified atom stereocenters. The van der Waals surface area contributed by atoms with E-state index in [1.807, 2.05) is 23.6 Å². The number of hydrogen-bond donors (Lipinski definition) is 1. The Hall–Kier alpha value is -1.82. The molecule has 6 nitrogen and oxygen atoms in total. The molecule has 2 saturated carbocycles. The molecule has 1 aromatic heterocycles. The molecule has 3 fully saturated rings. The highest BCUT2D eigenvalue weighted by molar-refractivity contribution is 5.95. The third kappa shape index (κ3) is 3.51. The van der Waals surface area contributed by atoms with Gasteiger partial charge in [-0.15, -0.1) is 0 Å². The summed E-state index contributed by atoms with van der Waals surface area (Å²) in [4.78, 5) is 29.6. The lowest BCUT2D eigenvalue weighted by atomic mass is 9.65. The Morgan fingerprint density at radius 1 is 1.04 bits per heavy atom. The van der Waals surface area contributed by atoms with Gasteiger partial charge in [0.2, 0.25) is 5.91 Å². The minimum absolute atomic E-state index is 0.00891. The molecule has 2 heterocycles. The predicted octanol–water partition coefficient (Wildman–Crippen LogP) is 2.33. The largest absolute Gasteiger partial charge is 0.466 e. The van der Waals surface area contributed by atoms with Gasteiger partial charge in [-0.05, 0) is 57.4 Å². The fraction of sp³-hybridized carbons (Fsp3) is 0.714. The fourth-order valence-electron chi connectivity index (χ4n) is 5.39. The van der Waals surface area contributed by atoms with E-state index < -0.39 is 0 Å². The van der Waals surface area contributed by atoms with Crippen molar-refractivity contribution in [3.63, 3.8) is 0 Å². The predicted molar refractivity (Wildman–Crippen MR) is 102 cm³/mol. The molecule has 0 spiro atoms. The molecule has 1 aromatic rings. The van der Waals surface area contributed by atoms with Gasteiger partial charge >= 0.3 is 0 Å². The molecule has 0 aromatic carbocycles. The van der Waals surface area contributed by atoms with Crippen LogP contribution in [0.25, 0.3) is 0 Å². The highest BCUT2D eigenvalue weighted by atomic mass is 16.3. The summed E-state index contributed by atoms with van der Waals surface area (Å²) in [6.45, 7) is 6.10. The van der Waals surface area contributed by atoms with E-state index in [9.17, 15) is 9.59 Å². The van der Waals surface area contributed by atoms with Crippen LogP contribution in [0, 0.1) is 31.6 Å². The minimum atomic E-state index is 0.00891. The third-order valence-corrected chi connectivity index (χ3v) is 6.91. The van der Waals surface area contributed by atoms with Crippen molar-refractivity contribution < 1.29 is 14.0 Å². The van der Waals surface area contributed by atoms with Gasteiger partial charge in [0.1, 0.15) is 11.5 Å². The molecule has 2 bridgehead atoms. The molecule has 0 radical (unpaired) electrons. The van der Waals surface area contributed by atoms with Gasteiger partial charge in [0, 0.05) is 38.1 Å². The van der Waals surface area contributed by atoms with E-state index in [0.717, 1.165) is 18.6 Å². The van der Waals surface area contributed by atoms with E-state index in [2.05, 4.69) is 0 Å². The summed E-state index contributed by atoms with van der Waals surface area (Å²) in [6.07, 6.45) is 5.50. The smallest absolute Gasteiger partial charge is 0.257 e. The molecule has 1 aliphatic heterocycles. The lowest BCUT2D eigenvalue weighted by Gasteiger charge is -2.45. The van der Waals surface area contributed by atoms with Crippen molar-refractivity contribution in [3.8, 4) is 0 Å². The topological polar surface area (TPSA) is 79.8 Å². The van der Waals surface area contributed by atoms with Gasteiger partial charge in [-0.3, -0.25) is 9.59 Å². The molecule has 3 aliphatic rings. The van der Waals surface area contributed by atoms with Crippen molar-refractivity contribution in [2.75, 3.05) is 26.2 Å². The number of nitrogens with zero attached hydrogens (tertiary/aromatic N) is 2. The summed E-state index contributed by atoms with van der Waals surface area (Å²) >= 11 is 0. The number of nitrogens with two attached hydrogens (primary N) is 1. The van der Waals surface area contributed by atoms with Gasteiger partial charge in [0.15, 0.2) is 0 Å². The van der Waals surface area contributed by atoms with Gasteiger partial charge in [-0.2, -0.15) is 0 Å². The minimum Gasteiger partial charge on any atom is -0.466 e. The lowest BCUT2D eigenvalue weighted by molar-refractivity contribution is -0.140. The van der Waals surface area contributed by atoms with Crippen LogP contribution in [0.1, 0.15) is 54.0 Å². The Kier molecular flexibility index (Phi) is 5.01. The second-order valence-electron chi connectivity index (χ2n) is 8.64. The van der Waals surface area contributed by atoms with Crippen LogP contribution in [0.5, 0.6) is 0 Å². The Morgan fingerprint density at radius 2 is 1.63 bits per heavy atom. The zero-order valence-corrected chi connectivity index (χ0v) is 16.4. The van der Waals surface area contributed by atoms with Gasteiger partial charge in [-0.25, -0.2) is 0 Å². The number of carbonyl (C=O) groups is 2. The number of rotatable bonds is 2. The molecule has 2 atom stereocenters. The number of fused-ring (bicyclic) bond motifs is 2. The van der Waals surface area contributed by atoms with Gasteiger partial charge < -0.3 is 20.0 Å². The Bertz CT molecular complexity index is 706. The molecular weight excluding hydrogens is 342 g/mol. The average molecular weight is 373 g/mol. The molecule has 6 heteroatoms. The van der Waals surface area contributed by atoms with Crippen LogP contribution in [0.4, 0.5) is 0 Å². The summed E-state index contributed by atoms with van der Waals surface area (Å²) in [5.74, 6) is 2.87. The second-order valence-corrected chi connectivity index (χ2v) is 8.64. The van der Waals surface area contributed by atoms with E-state index >= 15 is 0 Å². The van der Waals surface area contributed by atoms with E-state index in [-0.39, 0.29) is 17.7 Å². The van der Waals surface area contributed by atoms with Crippen LogP contribution in [0.15, 0.2) is 10.5 Å². The van der Waals surface area contributed by atoms with Gasteiger partial charge in [-0.1, -0.05) is 6.42 Å². The summed E-state index contributed by atoms with van der Waals surface area (Å²) < 4.78 is 5.49. The number of furan rings is 1. The zero-order chi connectivity index (χ0) is 19.1. The molecule has 2 amide bonds. The van der Waals surface area contributed by atoms with Gasteiger partial charge in [0.25, 0.3) is 5.91 Å². The number of piperazine rings is 1. The quantitative estimate of drug-likeness (QED) is 0.863. The molecule has 2 N–H and O–H groups in total. The highest BCUT2D eigenvalue weighted by Crippen LogP contribution is 2.42. The maximum Gasteiger partial charge on any atom is 0.257 e. The number of carbonyl (C=O) groups excluding carboxylic acids is 2. The molecule has 148 valence electrons. The van der Waals surface area contributed by atoms with Crippen LogP contribution in [-0.2, 0) is 4.79 Å². The molecule has 4 rings (SSSR count). The van der Waals surface area contributed by atoms with Crippen molar-refractivity contribution in [3.05, 3.63) is 23.2 Å². The summed E-state index contributed by atoms with van der Waals surface area (Å²) in [5.41, 5.74) is 7.01. The van der Waals surface area contributed by atoms with Crippen molar-refractivity contribution >= 4 is 11.8 Å². The number of hydrogen-bond acceptors (Lipinski definition) is 4. The average Bonchev–Trinajstić information content (AvgIpc) is 2.98. The van der Waals surface area contributed by atoms with Crippen molar-refractivity contribution in [2.24, 2.45) is 23.5 Å². The van der Waals surface area contributed by atoms with Gasteiger partial charge in [0.05, 0.1) is 5.56 Å². The van der Waals surface area contributed by atoms with Crippen LogP contribution < -0.4 is 5.73 Å². The molecule has 27 heavy (non-hydrogen) atoms. The summed E-state index contributed by atoms with van der Waals surface area (Å²) in [5, 5.41) is 0. The second kappa shape index (κ2) is 7.30. The first kappa shape index (κ1) is 18.5. The highest BCUT2D eigenvalue weighted by Gasteiger charge is 2.42. The fourth-order valence-corrected chi connectivity index (χ4v) is 5.39. The number of amides is 2. The Balaban J connectivity index is 1.34. The first-order chi connectivity index (χ1) is 12.9. The Labute approximate surface area is 161 Å². The maximum atomic E-state index is 13.1. The number of aryl methyl sites for hydroxylation is 2. The third-order valence-electron chi connectivity index (χ3n) is 6.91. The SMILES string of the molecule is Cc1cc(C(=O)N2CCN(C(=O)C3CC4CCCC(C3)C4N)CC2)c(C)o1. The molecule has 1 saturated heterocycles. The van der Waals surface area contributed by atoms with Crippen LogP contribution >= 0.6 is 0 Å². The summed E-state index contributed by atoms with van der Waals surface area (Å²) in [6, 6.07) is 2.10. The van der Waals surface area contributed by atoms with Crippen molar-refractivity contribution in [2.45, 2.75) is 52.0 Å². The van der Waals surface area contributed by atoms with E-state index in [0.29, 0.717) is 55.4 Å². The van der Waals surface area contributed by atoms with E-state index in [1.54, 1.807) is 6.07 Å². The first-order valence-electron chi connectivity index (χ1n) is 10.3. The lowest BCUT2D eigenvalue weighted by Crippen LogP contribution is -2.54. The maximum absolute atomic E-state index is 13.1. The first-order valence-corrected chi connectivity index (χ1v) is 10.3. The molecular formula is C21H31N3O3. The van der Waals surface area contributed by atoms with Crippen molar-refractivity contribution in [1.82, 2.24) is 9.80 Å². The van der Waals surface area contributed by atoms with Crippen LogP contribution in [0.3, 0.4) is 0 Å². The summed E-state index contributed by atoms with van der Waals surface area (Å²) in [7, 11) is 0. The standard InChI is InChI=1S/C21H31N3O3/c1-13-10-18(14(2)27-13)21(26)24-8-6-23(7-9-24)20(25)17-11-15-4-3-5-16(12-17)19(15)22/h10,15-17,19H,3-9,11-12,22H2,1-2H3. The molecule has 2 aliphatic carbocycles. The van der Waals surface area contributed by atoms with E-state index in [4.69, 9.17) is 10.2 Å². The van der Waals surface area contributed by atoms with Crippen LogP contribution in [-0.4, -0.2) is 53.8 Å². The zero-order valence-electron chi connectivity index (χ0n) is 16.4. The normalized spacial score (nSPS) is 31.1. The Morgan fingerprint density at radius 3 is 2.19 bits per heavy atom. The van der Waals surface area contributed by atoms with Crippen LogP contribution in [0.2, 0.25) is 0 Å².